The van der Waals surface area contributed by atoms with Gasteiger partial charge in [0, 0.05) is 47.1 Å². The van der Waals surface area contributed by atoms with Crippen molar-refractivity contribution in [2.75, 3.05) is 36.5 Å². The summed E-state index contributed by atoms with van der Waals surface area (Å²) in [5.74, 6) is -0.132. The molecule has 1 amide bonds. The summed E-state index contributed by atoms with van der Waals surface area (Å²) in [6, 6.07) is 15.4. The highest BCUT2D eigenvalue weighted by Gasteiger charge is 2.12. The van der Waals surface area contributed by atoms with E-state index in [0.29, 0.717) is 5.56 Å². The van der Waals surface area contributed by atoms with Crippen LogP contribution in [0.5, 0.6) is 0 Å². The highest BCUT2D eigenvalue weighted by molar-refractivity contribution is 5.99. The van der Waals surface area contributed by atoms with Gasteiger partial charge in [-0.15, -0.1) is 0 Å². The molecule has 3 aromatic rings. The molecular weight excluding hydrogens is 342 g/mol. The Morgan fingerprint density at radius 3 is 2.56 bits per heavy atom. The first-order valence-corrected chi connectivity index (χ1v) is 9.00. The van der Waals surface area contributed by atoms with Gasteiger partial charge in [-0.1, -0.05) is 18.2 Å². The molecule has 1 saturated heterocycles. The number of carbonyl (C=O) groups is 2. The maximum Gasteiger partial charge on any atom is 0.244 e. The number of hydrogen-bond acceptors (Lipinski definition) is 4. The van der Waals surface area contributed by atoms with Crippen molar-refractivity contribution >= 4 is 34.5 Å². The first kappa shape index (κ1) is 17.3. The van der Waals surface area contributed by atoms with Crippen molar-refractivity contribution < 1.29 is 14.3 Å². The first-order chi connectivity index (χ1) is 13.2. The molecular formula is C21H21N3O3. The highest BCUT2D eigenvalue weighted by atomic mass is 16.5. The van der Waals surface area contributed by atoms with E-state index >= 15 is 0 Å². The normalized spacial score (nSPS) is 14.3. The molecule has 0 spiro atoms. The molecule has 27 heavy (non-hydrogen) atoms. The topological polar surface area (TPSA) is 63.6 Å². The van der Waals surface area contributed by atoms with E-state index in [1.54, 1.807) is 10.8 Å². The van der Waals surface area contributed by atoms with Crippen LogP contribution in [0.3, 0.4) is 0 Å². The zero-order valence-electron chi connectivity index (χ0n) is 14.9. The molecule has 0 radical (unpaired) electrons. The van der Waals surface area contributed by atoms with Crippen LogP contribution < -0.4 is 10.2 Å². The number of rotatable bonds is 5. The predicted molar refractivity (Wildman–Crippen MR) is 105 cm³/mol. The Hall–Kier alpha value is -3.12. The number of morpholine rings is 1. The number of para-hydroxylation sites is 1. The van der Waals surface area contributed by atoms with Gasteiger partial charge in [-0.05, 0) is 30.3 Å². The fourth-order valence-electron chi connectivity index (χ4n) is 3.43. The third-order valence-corrected chi connectivity index (χ3v) is 4.79. The summed E-state index contributed by atoms with van der Waals surface area (Å²) in [6.07, 6.45) is 2.54. The average Bonchev–Trinajstić information content (AvgIpc) is 3.07. The molecule has 138 valence electrons. The van der Waals surface area contributed by atoms with E-state index in [0.717, 1.165) is 54.9 Å². The SMILES string of the molecule is O=Cc1cn(CC(=O)Nc2ccc(N3CCOCC3)cc2)c2ccccc12. The van der Waals surface area contributed by atoms with Gasteiger partial charge in [0.15, 0.2) is 6.29 Å². The largest absolute Gasteiger partial charge is 0.378 e. The van der Waals surface area contributed by atoms with E-state index in [1.807, 2.05) is 48.5 Å². The van der Waals surface area contributed by atoms with E-state index in [2.05, 4.69) is 10.2 Å². The molecule has 0 unspecified atom stereocenters. The summed E-state index contributed by atoms with van der Waals surface area (Å²) < 4.78 is 7.17. The molecule has 1 aromatic heterocycles. The van der Waals surface area contributed by atoms with Gasteiger partial charge in [-0.25, -0.2) is 0 Å². The minimum absolute atomic E-state index is 0.132. The lowest BCUT2D eigenvalue weighted by molar-refractivity contribution is -0.116. The summed E-state index contributed by atoms with van der Waals surface area (Å²) in [6.45, 7) is 3.40. The summed E-state index contributed by atoms with van der Waals surface area (Å²) in [5.41, 5.74) is 3.35. The molecule has 1 aliphatic rings. The van der Waals surface area contributed by atoms with Crippen molar-refractivity contribution in [3.63, 3.8) is 0 Å². The van der Waals surface area contributed by atoms with Gasteiger partial charge in [0.1, 0.15) is 6.54 Å². The Morgan fingerprint density at radius 1 is 1.07 bits per heavy atom. The second-order valence-corrected chi connectivity index (χ2v) is 6.54. The second kappa shape index (κ2) is 7.63. The molecule has 0 saturated carbocycles. The number of hydrogen-bond donors (Lipinski definition) is 1. The monoisotopic (exact) mass is 363 g/mol. The number of aldehydes is 1. The van der Waals surface area contributed by atoms with Crippen molar-refractivity contribution in [1.29, 1.82) is 0 Å². The summed E-state index contributed by atoms with van der Waals surface area (Å²) in [5, 5.41) is 3.78. The van der Waals surface area contributed by atoms with Gasteiger partial charge in [0.2, 0.25) is 5.91 Å². The molecule has 2 heterocycles. The van der Waals surface area contributed by atoms with Crippen LogP contribution in [0.2, 0.25) is 0 Å². The van der Waals surface area contributed by atoms with Crippen LogP contribution in [0.25, 0.3) is 10.9 Å². The fourth-order valence-corrected chi connectivity index (χ4v) is 3.43. The number of anilines is 2. The van der Waals surface area contributed by atoms with Crippen molar-refractivity contribution in [3.05, 3.63) is 60.3 Å². The lowest BCUT2D eigenvalue weighted by Crippen LogP contribution is -2.36. The zero-order chi connectivity index (χ0) is 18.6. The maximum absolute atomic E-state index is 12.5. The summed E-state index contributed by atoms with van der Waals surface area (Å²) in [7, 11) is 0. The number of ether oxygens (including phenoxy) is 1. The number of carbonyl (C=O) groups excluding carboxylic acids is 2. The van der Waals surface area contributed by atoms with E-state index < -0.39 is 0 Å². The number of amides is 1. The van der Waals surface area contributed by atoms with Crippen molar-refractivity contribution in [1.82, 2.24) is 4.57 Å². The van der Waals surface area contributed by atoms with Crippen molar-refractivity contribution in [3.8, 4) is 0 Å². The van der Waals surface area contributed by atoms with Gasteiger partial charge in [0.25, 0.3) is 0 Å². The second-order valence-electron chi connectivity index (χ2n) is 6.54. The molecule has 6 heteroatoms. The summed E-state index contributed by atoms with van der Waals surface area (Å²) in [4.78, 5) is 26.0. The molecule has 1 N–H and O–H groups in total. The molecule has 1 aliphatic heterocycles. The van der Waals surface area contributed by atoms with E-state index in [9.17, 15) is 9.59 Å². The number of fused-ring (bicyclic) bond motifs is 1. The molecule has 0 bridgehead atoms. The average molecular weight is 363 g/mol. The number of aromatic nitrogens is 1. The van der Waals surface area contributed by atoms with Gasteiger partial charge in [-0.3, -0.25) is 9.59 Å². The number of nitrogens with one attached hydrogen (secondary N) is 1. The standard InChI is InChI=1S/C21H21N3O3/c25-15-16-13-24(20-4-2-1-3-19(16)20)14-21(26)22-17-5-7-18(8-6-17)23-9-11-27-12-10-23/h1-8,13,15H,9-12,14H2,(H,22,26). The highest BCUT2D eigenvalue weighted by Crippen LogP contribution is 2.21. The third-order valence-electron chi connectivity index (χ3n) is 4.79. The fraction of sp³-hybridized carbons (Fsp3) is 0.238. The Bertz CT molecular complexity index is 956. The van der Waals surface area contributed by atoms with Crippen LogP contribution in [0.4, 0.5) is 11.4 Å². The van der Waals surface area contributed by atoms with Crippen molar-refractivity contribution in [2.24, 2.45) is 0 Å². The molecule has 0 atom stereocenters. The van der Waals surface area contributed by atoms with Gasteiger partial charge < -0.3 is 19.5 Å². The van der Waals surface area contributed by atoms with Crippen molar-refractivity contribution in [2.45, 2.75) is 6.54 Å². The first-order valence-electron chi connectivity index (χ1n) is 9.00. The Balaban J connectivity index is 1.44. The minimum atomic E-state index is -0.132. The lowest BCUT2D eigenvalue weighted by atomic mass is 10.2. The van der Waals surface area contributed by atoms with Crippen LogP contribution in [0, 0.1) is 0 Å². The number of benzene rings is 2. The number of nitrogens with zero attached hydrogens (tertiary/aromatic N) is 2. The minimum Gasteiger partial charge on any atom is -0.378 e. The lowest BCUT2D eigenvalue weighted by Gasteiger charge is -2.28. The Labute approximate surface area is 157 Å². The van der Waals surface area contributed by atoms with Gasteiger partial charge in [-0.2, -0.15) is 0 Å². The maximum atomic E-state index is 12.5. The van der Waals surface area contributed by atoms with Crippen LogP contribution in [-0.4, -0.2) is 43.1 Å². The van der Waals surface area contributed by atoms with Crippen LogP contribution in [-0.2, 0) is 16.1 Å². The Morgan fingerprint density at radius 2 is 1.81 bits per heavy atom. The summed E-state index contributed by atoms with van der Waals surface area (Å²) >= 11 is 0. The van der Waals surface area contributed by atoms with Crippen LogP contribution in [0.15, 0.2) is 54.7 Å². The molecule has 6 nitrogen and oxygen atoms in total. The molecule has 1 fully saturated rings. The van der Waals surface area contributed by atoms with Crippen LogP contribution >= 0.6 is 0 Å². The van der Waals surface area contributed by atoms with Gasteiger partial charge in [0.05, 0.1) is 13.2 Å². The third kappa shape index (κ3) is 3.71. The quantitative estimate of drug-likeness (QED) is 0.708. The van der Waals surface area contributed by atoms with E-state index in [1.165, 1.54) is 0 Å². The molecule has 2 aromatic carbocycles. The van der Waals surface area contributed by atoms with Gasteiger partial charge >= 0.3 is 0 Å². The van der Waals surface area contributed by atoms with Crippen LogP contribution in [0.1, 0.15) is 10.4 Å². The van der Waals surface area contributed by atoms with E-state index in [4.69, 9.17) is 4.74 Å². The molecule has 0 aliphatic carbocycles. The zero-order valence-corrected chi connectivity index (χ0v) is 14.9. The Kier molecular flexibility index (Phi) is 4.89. The smallest absolute Gasteiger partial charge is 0.244 e. The molecule has 4 rings (SSSR count). The predicted octanol–water partition coefficient (Wildman–Crippen LogP) is 2.93. The van der Waals surface area contributed by atoms with E-state index in [-0.39, 0.29) is 12.5 Å².